The minimum atomic E-state index is -0.664. The molecule has 26 heavy (non-hydrogen) atoms. The Balaban J connectivity index is 1.74. The number of rotatable bonds is 5. The molecule has 0 saturated carbocycles. The summed E-state index contributed by atoms with van der Waals surface area (Å²) in [6.07, 6.45) is 1.73. The number of nitrogens with one attached hydrogen (secondary N) is 1. The number of halogens is 2. The largest absolute Gasteiger partial charge is 0.348 e. The Hall–Kier alpha value is -3.02. The Morgan fingerprint density at radius 1 is 1.12 bits per heavy atom. The SMILES string of the molecule is Cc1cc(C(=O)NCc2cc(F)cc(F)c2)c(C)n1Cc1ccccn1. The van der Waals surface area contributed by atoms with Crippen LogP contribution < -0.4 is 5.32 Å². The molecular formula is C20H19F2N3O. The molecule has 2 heterocycles. The standard InChI is InChI=1S/C20H19F2N3O/c1-13-7-19(14(2)25(13)12-18-5-3-4-6-23-18)20(26)24-11-15-8-16(21)10-17(22)9-15/h3-10H,11-12H2,1-2H3,(H,24,26). The van der Waals surface area contributed by atoms with Crippen LogP contribution in [0.2, 0.25) is 0 Å². The highest BCUT2D eigenvalue weighted by Crippen LogP contribution is 2.17. The average Bonchev–Trinajstić information content (AvgIpc) is 2.88. The number of aryl methyl sites for hydroxylation is 1. The highest BCUT2D eigenvalue weighted by atomic mass is 19.1. The van der Waals surface area contributed by atoms with Crippen LogP contribution in [0.1, 0.15) is 33.0 Å². The van der Waals surface area contributed by atoms with E-state index in [0.717, 1.165) is 23.1 Å². The van der Waals surface area contributed by atoms with Crippen molar-refractivity contribution in [3.63, 3.8) is 0 Å². The summed E-state index contributed by atoms with van der Waals surface area (Å²) in [5.74, 6) is -1.61. The fraction of sp³-hybridized carbons (Fsp3) is 0.200. The third kappa shape index (κ3) is 3.96. The molecule has 1 N–H and O–H groups in total. The first kappa shape index (κ1) is 17.8. The maximum absolute atomic E-state index is 13.2. The molecule has 4 nitrogen and oxygen atoms in total. The van der Waals surface area contributed by atoms with Gasteiger partial charge in [0, 0.05) is 30.2 Å². The summed E-state index contributed by atoms with van der Waals surface area (Å²) in [5, 5.41) is 2.71. The van der Waals surface area contributed by atoms with E-state index in [0.29, 0.717) is 17.7 Å². The molecule has 0 aliphatic carbocycles. The van der Waals surface area contributed by atoms with Gasteiger partial charge in [0.2, 0.25) is 0 Å². The van der Waals surface area contributed by atoms with E-state index in [2.05, 4.69) is 10.3 Å². The van der Waals surface area contributed by atoms with Gasteiger partial charge in [-0.15, -0.1) is 0 Å². The van der Waals surface area contributed by atoms with Gasteiger partial charge < -0.3 is 9.88 Å². The van der Waals surface area contributed by atoms with Gasteiger partial charge in [0.1, 0.15) is 11.6 Å². The van der Waals surface area contributed by atoms with E-state index in [4.69, 9.17) is 0 Å². The lowest BCUT2D eigenvalue weighted by Crippen LogP contribution is -2.23. The van der Waals surface area contributed by atoms with Gasteiger partial charge >= 0.3 is 0 Å². The van der Waals surface area contributed by atoms with Crippen molar-refractivity contribution in [1.82, 2.24) is 14.9 Å². The second kappa shape index (κ2) is 7.47. The number of hydrogen-bond donors (Lipinski definition) is 1. The predicted octanol–water partition coefficient (Wildman–Crippen LogP) is 3.76. The average molecular weight is 355 g/mol. The number of hydrogen-bond acceptors (Lipinski definition) is 2. The van der Waals surface area contributed by atoms with Crippen molar-refractivity contribution < 1.29 is 13.6 Å². The molecule has 6 heteroatoms. The smallest absolute Gasteiger partial charge is 0.253 e. The van der Waals surface area contributed by atoms with Crippen molar-refractivity contribution in [2.24, 2.45) is 0 Å². The van der Waals surface area contributed by atoms with Gasteiger partial charge in [-0.2, -0.15) is 0 Å². The molecule has 0 spiro atoms. The van der Waals surface area contributed by atoms with E-state index in [9.17, 15) is 13.6 Å². The third-order valence-corrected chi connectivity index (χ3v) is 4.24. The maximum Gasteiger partial charge on any atom is 0.253 e. The van der Waals surface area contributed by atoms with Crippen LogP contribution in [0.5, 0.6) is 0 Å². The van der Waals surface area contributed by atoms with Gasteiger partial charge in [0.25, 0.3) is 5.91 Å². The molecule has 0 bridgehead atoms. The molecule has 2 aromatic heterocycles. The Morgan fingerprint density at radius 2 is 1.85 bits per heavy atom. The zero-order chi connectivity index (χ0) is 18.7. The van der Waals surface area contributed by atoms with Crippen LogP contribution in [0.15, 0.2) is 48.7 Å². The molecule has 0 radical (unpaired) electrons. The summed E-state index contributed by atoms with van der Waals surface area (Å²) < 4.78 is 28.5. The molecule has 0 aliphatic rings. The zero-order valence-electron chi connectivity index (χ0n) is 14.6. The zero-order valence-corrected chi connectivity index (χ0v) is 14.6. The summed E-state index contributed by atoms with van der Waals surface area (Å²) in [4.78, 5) is 16.8. The lowest BCUT2D eigenvalue weighted by Gasteiger charge is -2.10. The fourth-order valence-corrected chi connectivity index (χ4v) is 2.92. The van der Waals surface area contributed by atoms with Gasteiger partial charge in [-0.05, 0) is 49.7 Å². The topological polar surface area (TPSA) is 46.9 Å². The summed E-state index contributed by atoms with van der Waals surface area (Å²) in [5.41, 5.74) is 3.57. The first-order chi connectivity index (χ1) is 12.4. The van der Waals surface area contributed by atoms with Crippen LogP contribution >= 0.6 is 0 Å². The minimum Gasteiger partial charge on any atom is -0.348 e. The number of nitrogens with zero attached hydrogens (tertiary/aromatic N) is 2. The van der Waals surface area contributed by atoms with E-state index in [1.807, 2.05) is 36.6 Å². The quantitative estimate of drug-likeness (QED) is 0.758. The number of pyridine rings is 1. The van der Waals surface area contributed by atoms with Crippen LogP contribution in [-0.4, -0.2) is 15.5 Å². The van der Waals surface area contributed by atoms with E-state index in [1.54, 1.807) is 12.3 Å². The van der Waals surface area contributed by atoms with E-state index in [1.165, 1.54) is 12.1 Å². The second-order valence-corrected chi connectivity index (χ2v) is 6.15. The molecule has 0 aliphatic heterocycles. The van der Waals surface area contributed by atoms with Crippen LogP contribution in [-0.2, 0) is 13.1 Å². The molecule has 1 amide bonds. The lowest BCUT2D eigenvalue weighted by atomic mass is 10.2. The molecule has 0 unspecified atom stereocenters. The van der Waals surface area contributed by atoms with Crippen LogP contribution in [0.3, 0.4) is 0 Å². The summed E-state index contributed by atoms with van der Waals surface area (Å²) in [6, 6.07) is 10.7. The van der Waals surface area contributed by atoms with Crippen LogP contribution in [0.4, 0.5) is 8.78 Å². The Kier molecular flexibility index (Phi) is 5.11. The minimum absolute atomic E-state index is 0.0530. The Labute approximate surface area is 150 Å². The van der Waals surface area contributed by atoms with Gasteiger partial charge in [-0.3, -0.25) is 9.78 Å². The van der Waals surface area contributed by atoms with E-state index >= 15 is 0 Å². The first-order valence-corrected chi connectivity index (χ1v) is 8.24. The Bertz CT molecular complexity index is 915. The van der Waals surface area contributed by atoms with Crippen LogP contribution in [0, 0.1) is 25.5 Å². The van der Waals surface area contributed by atoms with Gasteiger partial charge in [0.15, 0.2) is 0 Å². The van der Waals surface area contributed by atoms with Crippen LogP contribution in [0.25, 0.3) is 0 Å². The normalized spacial score (nSPS) is 10.8. The molecule has 3 aromatic rings. The summed E-state index contributed by atoms with van der Waals surface area (Å²) in [7, 11) is 0. The molecular weight excluding hydrogens is 336 g/mol. The van der Waals surface area contributed by atoms with E-state index < -0.39 is 11.6 Å². The van der Waals surface area contributed by atoms with Gasteiger partial charge in [-0.1, -0.05) is 6.07 Å². The number of carbonyl (C=O) groups excluding carboxylic acids is 1. The Morgan fingerprint density at radius 3 is 2.50 bits per heavy atom. The first-order valence-electron chi connectivity index (χ1n) is 8.24. The van der Waals surface area contributed by atoms with E-state index in [-0.39, 0.29) is 12.5 Å². The molecule has 134 valence electrons. The molecule has 0 fully saturated rings. The van der Waals surface area contributed by atoms with Crippen molar-refractivity contribution in [3.8, 4) is 0 Å². The molecule has 0 saturated heterocycles. The monoisotopic (exact) mass is 355 g/mol. The lowest BCUT2D eigenvalue weighted by molar-refractivity contribution is 0.0950. The number of amides is 1. The molecule has 0 atom stereocenters. The fourth-order valence-electron chi connectivity index (χ4n) is 2.92. The summed E-state index contributed by atoms with van der Waals surface area (Å²) in [6.45, 7) is 4.42. The highest BCUT2D eigenvalue weighted by Gasteiger charge is 2.16. The van der Waals surface area contributed by atoms with Crippen molar-refractivity contribution in [1.29, 1.82) is 0 Å². The predicted molar refractivity (Wildman–Crippen MR) is 94.8 cm³/mol. The number of carbonyl (C=O) groups is 1. The van der Waals surface area contributed by atoms with Gasteiger partial charge in [-0.25, -0.2) is 8.78 Å². The summed E-state index contributed by atoms with van der Waals surface area (Å²) >= 11 is 0. The third-order valence-electron chi connectivity index (χ3n) is 4.24. The number of aromatic nitrogens is 2. The highest BCUT2D eigenvalue weighted by molar-refractivity contribution is 5.95. The number of benzene rings is 1. The van der Waals surface area contributed by atoms with Crippen molar-refractivity contribution in [3.05, 3.63) is 88.5 Å². The maximum atomic E-state index is 13.2. The van der Waals surface area contributed by atoms with Crippen molar-refractivity contribution in [2.75, 3.05) is 0 Å². The van der Waals surface area contributed by atoms with Crippen molar-refractivity contribution >= 4 is 5.91 Å². The van der Waals surface area contributed by atoms with Gasteiger partial charge in [0.05, 0.1) is 17.8 Å². The second-order valence-electron chi connectivity index (χ2n) is 6.15. The molecule has 1 aromatic carbocycles. The van der Waals surface area contributed by atoms with Crippen molar-refractivity contribution in [2.45, 2.75) is 26.9 Å². The molecule has 3 rings (SSSR count).